The molecule has 2 aromatic heterocycles. The second kappa shape index (κ2) is 5.93. The first-order valence-corrected chi connectivity index (χ1v) is 6.75. The summed E-state index contributed by atoms with van der Waals surface area (Å²) >= 11 is 1.81. The van der Waals surface area contributed by atoms with E-state index in [0.717, 1.165) is 31.8 Å². The largest absolute Gasteiger partial charge is 0.348 e. The van der Waals surface area contributed by atoms with Gasteiger partial charge in [0.2, 0.25) is 0 Å². The van der Waals surface area contributed by atoms with E-state index in [1.807, 2.05) is 17.5 Å². The number of hydrogen-bond acceptors (Lipinski definition) is 4. The Morgan fingerprint density at radius 2 is 2.35 bits per heavy atom. The normalized spacial score (nSPS) is 10.9. The molecule has 0 aliphatic carbocycles. The molecule has 0 amide bonds. The van der Waals surface area contributed by atoms with Crippen LogP contribution in [0.1, 0.15) is 28.3 Å². The Kier molecular flexibility index (Phi) is 4.28. The molecule has 2 rings (SSSR count). The Hall–Kier alpha value is -1.20. The van der Waals surface area contributed by atoms with Gasteiger partial charge in [-0.15, -0.1) is 11.3 Å². The van der Waals surface area contributed by atoms with Gasteiger partial charge >= 0.3 is 0 Å². The number of H-pyrrole nitrogens is 1. The van der Waals surface area contributed by atoms with Crippen molar-refractivity contribution in [2.75, 3.05) is 6.54 Å². The molecule has 0 bridgehead atoms. The molecule has 0 unspecified atom stereocenters. The number of rotatable bonds is 6. The molecule has 0 aliphatic rings. The predicted octanol–water partition coefficient (Wildman–Crippen LogP) is 2.07. The number of nitrogens with zero attached hydrogens (tertiary/aromatic N) is 2. The fourth-order valence-electron chi connectivity index (χ4n) is 1.72. The van der Waals surface area contributed by atoms with E-state index in [1.54, 1.807) is 6.20 Å². The van der Waals surface area contributed by atoms with Gasteiger partial charge in [-0.1, -0.05) is 6.92 Å². The number of aryl methyl sites for hydroxylation is 2. The van der Waals surface area contributed by atoms with Crippen molar-refractivity contribution in [3.05, 3.63) is 33.8 Å². The van der Waals surface area contributed by atoms with Crippen LogP contribution in [-0.2, 0) is 19.4 Å². The van der Waals surface area contributed by atoms with Crippen LogP contribution in [0, 0.1) is 6.92 Å². The summed E-state index contributed by atoms with van der Waals surface area (Å²) in [5.74, 6) is 0.981. The van der Waals surface area contributed by atoms with E-state index in [9.17, 15) is 0 Å². The first kappa shape index (κ1) is 12.3. The molecule has 0 atom stereocenters. The van der Waals surface area contributed by atoms with Crippen LogP contribution in [0.3, 0.4) is 0 Å². The van der Waals surface area contributed by atoms with E-state index in [4.69, 9.17) is 0 Å². The molecular weight excluding hydrogens is 232 g/mol. The fraction of sp³-hybridized carbons (Fsp3) is 0.500. The van der Waals surface area contributed by atoms with Crippen LogP contribution in [0.5, 0.6) is 0 Å². The molecule has 0 fully saturated rings. The van der Waals surface area contributed by atoms with Gasteiger partial charge < -0.3 is 10.3 Å². The molecule has 0 saturated heterocycles. The SMILES string of the molecule is CCc1nc(CCNCc2ncc[nH]2)sc1C. The summed E-state index contributed by atoms with van der Waals surface area (Å²) in [6.45, 7) is 6.03. The number of thiazole rings is 1. The van der Waals surface area contributed by atoms with Crippen LogP contribution in [0.2, 0.25) is 0 Å². The number of aromatic nitrogens is 3. The molecule has 0 saturated carbocycles. The minimum atomic E-state index is 0.790. The molecule has 0 aromatic carbocycles. The minimum Gasteiger partial charge on any atom is -0.348 e. The van der Waals surface area contributed by atoms with Gasteiger partial charge in [0.1, 0.15) is 5.82 Å². The van der Waals surface area contributed by atoms with Gasteiger partial charge in [-0.25, -0.2) is 9.97 Å². The number of aromatic amines is 1. The summed E-state index contributed by atoms with van der Waals surface area (Å²) in [5, 5.41) is 4.58. The lowest BCUT2D eigenvalue weighted by Crippen LogP contribution is -2.17. The van der Waals surface area contributed by atoms with Gasteiger partial charge in [0, 0.05) is 30.2 Å². The highest BCUT2D eigenvalue weighted by Gasteiger charge is 2.05. The van der Waals surface area contributed by atoms with Gasteiger partial charge in [-0.2, -0.15) is 0 Å². The highest BCUT2D eigenvalue weighted by molar-refractivity contribution is 7.11. The topological polar surface area (TPSA) is 53.6 Å². The van der Waals surface area contributed by atoms with Crippen LogP contribution in [0.4, 0.5) is 0 Å². The maximum Gasteiger partial charge on any atom is 0.120 e. The quantitative estimate of drug-likeness (QED) is 0.772. The van der Waals surface area contributed by atoms with Crippen molar-refractivity contribution in [3.63, 3.8) is 0 Å². The average Bonchev–Trinajstić information content (AvgIpc) is 2.94. The lowest BCUT2D eigenvalue weighted by molar-refractivity contribution is 0.663. The van der Waals surface area contributed by atoms with Crippen molar-refractivity contribution in [1.29, 1.82) is 0 Å². The molecule has 0 spiro atoms. The van der Waals surface area contributed by atoms with Gasteiger partial charge in [-0.3, -0.25) is 0 Å². The third-order valence-corrected chi connectivity index (χ3v) is 3.71. The van der Waals surface area contributed by atoms with Crippen molar-refractivity contribution < 1.29 is 0 Å². The molecule has 2 N–H and O–H groups in total. The average molecular weight is 250 g/mol. The Morgan fingerprint density at radius 1 is 1.47 bits per heavy atom. The van der Waals surface area contributed by atoms with E-state index in [-0.39, 0.29) is 0 Å². The lowest BCUT2D eigenvalue weighted by Gasteiger charge is -2.00. The Balaban J connectivity index is 1.74. The van der Waals surface area contributed by atoms with Gasteiger partial charge in [0.25, 0.3) is 0 Å². The van der Waals surface area contributed by atoms with Gasteiger partial charge in [0.15, 0.2) is 0 Å². The monoisotopic (exact) mass is 250 g/mol. The zero-order valence-corrected chi connectivity index (χ0v) is 11.1. The van der Waals surface area contributed by atoms with Crippen LogP contribution in [0.15, 0.2) is 12.4 Å². The zero-order chi connectivity index (χ0) is 12.1. The lowest BCUT2D eigenvalue weighted by atomic mass is 10.3. The molecule has 0 aliphatic heterocycles. The highest BCUT2D eigenvalue weighted by atomic mass is 32.1. The smallest absolute Gasteiger partial charge is 0.120 e. The van der Waals surface area contributed by atoms with Crippen molar-refractivity contribution in [2.45, 2.75) is 33.2 Å². The zero-order valence-electron chi connectivity index (χ0n) is 10.3. The number of nitrogens with one attached hydrogen (secondary N) is 2. The molecule has 5 heteroatoms. The Labute approximate surface area is 106 Å². The molecule has 0 radical (unpaired) electrons. The third kappa shape index (κ3) is 3.38. The first-order chi connectivity index (χ1) is 8.29. The van der Waals surface area contributed by atoms with Crippen LogP contribution >= 0.6 is 11.3 Å². The highest BCUT2D eigenvalue weighted by Crippen LogP contribution is 2.17. The molecule has 17 heavy (non-hydrogen) atoms. The molecule has 92 valence electrons. The molecule has 2 heterocycles. The van der Waals surface area contributed by atoms with E-state index in [2.05, 4.69) is 34.1 Å². The van der Waals surface area contributed by atoms with E-state index in [0.29, 0.717) is 0 Å². The predicted molar refractivity (Wildman–Crippen MR) is 70.2 cm³/mol. The maximum atomic E-state index is 4.62. The summed E-state index contributed by atoms with van der Waals surface area (Å²) in [7, 11) is 0. The molecular formula is C12H18N4S. The first-order valence-electron chi connectivity index (χ1n) is 5.93. The second-order valence-corrected chi connectivity index (χ2v) is 5.21. The van der Waals surface area contributed by atoms with Crippen molar-refractivity contribution in [1.82, 2.24) is 20.3 Å². The van der Waals surface area contributed by atoms with Crippen LogP contribution in [0.25, 0.3) is 0 Å². The van der Waals surface area contributed by atoms with E-state index in [1.165, 1.54) is 15.6 Å². The summed E-state index contributed by atoms with van der Waals surface area (Å²) in [5.41, 5.74) is 1.25. The second-order valence-electron chi connectivity index (χ2n) is 3.93. The summed E-state index contributed by atoms with van der Waals surface area (Å²) in [6.07, 6.45) is 5.64. The summed E-state index contributed by atoms with van der Waals surface area (Å²) in [6, 6.07) is 0. The third-order valence-electron chi connectivity index (χ3n) is 2.63. The fourth-order valence-corrected chi connectivity index (χ4v) is 2.74. The summed E-state index contributed by atoms with van der Waals surface area (Å²) < 4.78 is 0. The molecule has 2 aromatic rings. The van der Waals surface area contributed by atoms with Crippen LogP contribution in [-0.4, -0.2) is 21.5 Å². The van der Waals surface area contributed by atoms with E-state index >= 15 is 0 Å². The van der Waals surface area contributed by atoms with Crippen molar-refractivity contribution >= 4 is 11.3 Å². The Morgan fingerprint density at radius 3 is 3.00 bits per heavy atom. The maximum absolute atomic E-state index is 4.62. The van der Waals surface area contributed by atoms with Crippen molar-refractivity contribution in [2.24, 2.45) is 0 Å². The van der Waals surface area contributed by atoms with Gasteiger partial charge in [-0.05, 0) is 13.3 Å². The van der Waals surface area contributed by atoms with E-state index < -0.39 is 0 Å². The summed E-state index contributed by atoms with van der Waals surface area (Å²) in [4.78, 5) is 13.2. The minimum absolute atomic E-state index is 0.790. The molecule has 4 nitrogen and oxygen atoms in total. The van der Waals surface area contributed by atoms with Crippen molar-refractivity contribution in [3.8, 4) is 0 Å². The Bertz CT molecular complexity index is 447. The standard InChI is InChI=1S/C12H18N4S/c1-3-10-9(2)17-12(16-10)4-5-13-8-11-14-6-7-15-11/h6-7,13H,3-5,8H2,1-2H3,(H,14,15). The van der Waals surface area contributed by atoms with Crippen LogP contribution < -0.4 is 5.32 Å². The van der Waals surface area contributed by atoms with Gasteiger partial charge in [0.05, 0.1) is 17.2 Å². The number of hydrogen-bond donors (Lipinski definition) is 2. The number of imidazole rings is 1.